The normalized spacial score (nSPS) is 32.5. The predicted octanol–water partition coefficient (Wildman–Crippen LogP) is 0.907. The largest absolute Gasteiger partial charge is 0.394 e. The quantitative estimate of drug-likeness (QED) is 0.720. The number of hydrogen-bond donors (Lipinski definition) is 2. The zero-order chi connectivity index (χ0) is 13.7. The van der Waals surface area contributed by atoms with Crippen LogP contribution in [0.15, 0.2) is 0 Å². The van der Waals surface area contributed by atoms with Gasteiger partial charge >= 0.3 is 0 Å². The molecule has 0 aromatic heterocycles. The molecular formula is C15H31N3O. The molecule has 1 saturated heterocycles. The van der Waals surface area contributed by atoms with Gasteiger partial charge in [0.05, 0.1) is 6.61 Å². The molecule has 2 rings (SSSR count). The molecule has 2 N–H and O–H groups in total. The topological polar surface area (TPSA) is 38.7 Å². The summed E-state index contributed by atoms with van der Waals surface area (Å²) in [6, 6.07) is 0.633. The molecule has 0 aromatic carbocycles. The first-order valence-electron chi connectivity index (χ1n) is 7.97. The molecule has 2 unspecified atom stereocenters. The van der Waals surface area contributed by atoms with Crippen molar-refractivity contribution in [1.82, 2.24) is 15.1 Å². The van der Waals surface area contributed by atoms with E-state index >= 15 is 0 Å². The van der Waals surface area contributed by atoms with Gasteiger partial charge in [-0.3, -0.25) is 0 Å². The molecule has 2 fully saturated rings. The zero-order valence-corrected chi connectivity index (χ0v) is 12.7. The van der Waals surface area contributed by atoms with E-state index in [0.29, 0.717) is 6.04 Å². The summed E-state index contributed by atoms with van der Waals surface area (Å²) in [5, 5.41) is 13.2. The molecule has 1 aliphatic carbocycles. The Morgan fingerprint density at radius 3 is 2.74 bits per heavy atom. The average molecular weight is 269 g/mol. The van der Waals surface area contributed by atoms with Crippen LogP contribution in [0.25, 0.3) is 0 Å². The van der Waals surface area contributed by atoms with Crippen LogP contribution in [-0.2, 0) is 0 Å². The van der Waals surface area contributed by atoms with Gasteiger partial charge in [-0.2, -0.15) is 0 Å². The number of rotatable bonds is 7. The molecule has 2 aliphatic rings. The number of likely N-dealkylation sites (N-methyl/N-ethyl adjacent to an activating group) is 2. The summed E-state index contributed by atoms with van der Waals surface area (Å²) in [4.78, 5) is 5.09. The highest BCUT2D eigenvalue weighted by Crippen LogP contribution is 2.32. The SMILES string of the molecule is CCNC1(CO)CCC(N(C)CCN2CCCC2)C1. The van der Waals surface area contributed by atoms with E-state index < -0.39 is 0 Å². The molecule has 1 aliphatic heterocycles. The van der Waals surface area contributed by atoms with E-state index in [9.17, 15) is 5.11 Å². The number of aliphatic hydroxyl groups excluding tert-OH is 1. The van der Waals surface area contributed by atoms with Gasteiger partial charge in [0.2, 0.25) is 0 Å². The molecule has 0 bridgehead atoms. The predicted molar refractivity (Wildman–Crippen MR) is 79.4 cm³/mol. The van der Waals surface area contributed by atoms with Crippen LogP contribution in [0, 0.1) is 0 Å². The number of likely N-dealkylation sites (tertiary alicyclic amines) is 1. The monoisotopic (exact) mass is 269 g/mol. The van der Waals surface area contributed by atoms with Crippen LogP contribution in [0.1, 0.15) is 39.0 Å². The smallest absolute Gasteiger partial charge is 0.0613 e. The lowest BCUT2D eigenvalue weighted by Crippen LogP contribution is -2.48. The number of nitrogens with one attached hydrogen (secondary N) is 1. The van der Waals surface area contributed by atoms with Crippen LogP contribution < -0.4 is 5.32 Å². The Bertz CT molecular complexity index is 268. The van der Waals surface area contributed by atoms with Crippen LogP contribution in [0.3, 0.4) is 0 Å². The van der Waals surface area contributed by atoms with Crippen LogP contribution in [0.4, 0.5) is 0 Å². The van der Waals surface area contributed by atoms with Crippen molar-refractivity contribution < 1.29 is 5.11 Å². The van der Waals surface area contributed by atoms with E-state index in [-0.39, 0.29) is 12.1 Å². The second kappa shape index (κ2) is 7.02. The van der Waals surface area contributed by atoms with Gasteiger partial charge in [-0.15, -0.1) is 0 Å². The highest BCUT2D eigenvalue weighted by Gasteiger charge is 2.39. The van der Waals surface area contributed by atoms with Crippen molar-refractivity contribution in [2.24, 2.45) is 0 Å². The van der Waals surface area contributed by atoms with Gasteiger partial charge in [-0.05, 0) is 58.8 Å². The van der Waals surface area contributed by atoms with Gasteiger partial charge in [0.15, 0.2) is 0 Å². The van der Waals surface area contributed by atoms with Gasteiger partial charge in [0, 0.05) is 24.7 Å². The lowest BCUT2D eigenvalue weighted by atomic mass is 9.98. The molecule has 1 heterocycles. The zero-order valence-electron chi connectivity index (χ0n) is 12.7. The van der Waals surface area contributed by atoms with Crippen molar-refractivity contribution in [3.8, 4) is 0 Å². The van der Waals surface area contributed by atoms with Gasteiger partial charge < -0.3 is 20.2 Å². The van der Waals surface area contributed by atoms with E-state index in [4.69, 9.17) is 0 Å². The van der Waals surface area contributed by atoms with E-state index in [1.165, 1.54) is 38.9 Å². The van der Waals surface area contributed by atoms with Crippen molar-refractivity contribution >= 4 is 0 Å². The second-order valence-electron chi connectivity index (χ2n) is 6.39. The molecular weight excluding hydrogens is 238 g/mol. The number of aliphatic hydroxyl groups is 1. The minimum Gasteiger partial charge on any atom is -0.394 e. The summed E-state index contributed by atoms with van der Waals surface area (Å²) in [5.41, 5.74) is -0.0126. The fourth-order valence-electron chi connectivity index (χ4n) is 3.70. The standard InChI is InChI=1S/C15H31N3O/c1-3-16-15(13-19)7-6-14(12-15)17(2)10-11-18-8-4-5-9-18/h14,16,19H,3-13H2,1-2H3. The Morgan fingerprint density at radius 2 is 2.11 bits per heavy atom. The summed E-state index contributed by atoms with van der Waals surface area (Å²) in [6.45, 7) is 8.30. The summed E-state index contributed by atoms with van der Waals surface area (Å²) < 4.78 is 0. The third-order valence-electron chi connectivity index (χ3n) is 5.03. The highest BCUT2D eigenvalue weighted by atomic mass is 16.3. The first-order chi connectivity index (χ1) is 9.19. The summed E-state index contributed by atoms with van der Waals surface area (Å²) in [5.74, 6) is 0. The maximum atomic E-state index is 9.66. The van der Waals surface area contributed by atoms with Crippen molar-refractivity contribution in [3.63, 3.8) is 0 Å². The molecule has 1 saturated carbocycles. The number of nitrogens with zero attached hydrogens (tertiary/aromatic N) is 2. The van der Waals surface area contributed by atoms with Crippen LogP contribution in [-0.4, -0.2) is 72.9 Å². The van der Waals surface area contributed by atoms with Crippen molar-refractivity contribution in [1.29, 1.82) is 0 Å². The van der Waals surface area contributed by atoms with Crippen molar-refractivity contribution in [2.45, 2.75) is 50.6 Å². The van der Waals surface area contributed by atoms with Crippen LogP contribution in [0.2, 0.25) is 0 Å². The molecule has 4 heteroatoms. The first kappa shape index (κ1) is 15.2. The molecule has 2 atom stereocenters. The average Bonchev–Trinajstić information content (AvgIpc) is 3.06. The van der Waals surface area contributed by atoms with Crippen LogP contribution >= 0.6 is 0 Å². The molecule has 0 aromatic rings. The van der Waals surface area contributed by atoms with Crippen LogP contribution in [0.5, 0.6) is 0 Å². The van der Waals surface area contributed by atoms with E-state index in [1.54, 1.807) is 0 Å². The molecule has 19 heavy (non-hydrogen) atoms. The third kappa shape index (κ3) is 3.91. The van der Waals surface area contributed by atoms with Gasteiger partial charge in [0.25, 0.3) is 0 Å². The maximum Gasteiger partial charge on any atom is 0.0613 e. The molecule has 0 spiro atoms. The van der Waals surface area contributed by atoms with Crippen molar-refractivity contribution in [2.75, 3.05) is 46.4 Å². The van der Waals surface area contributed by atoms with E-state index in [0.717, 1.165) is 25.9 Å². The first-order valence-corrected chi connectivity index (χ1v) is 7.97. The van der Waals surface area contributed by atoms with E-state index in [2.05, 4.69) is 29.1 Å². The van der Waals surface area contributed by atoms with Gasteiger partial charge in [-0.1, -0.05) is 6.92 Å². The van der Waals surface area contributed by atoms with Crippen molar-refractivity contribution in [3.05, 3.63) is 0 Å². The Morgan fingerprint density at radius 1 is 1.37 bits per heavy atom. The minimum absolute atomic E-state index is 0.0126. The number of hydrogen-bond acceptors (Lipinski definition) is 4. The molecule has 0 amide bonds. The lowest BCUT2D eigenvalue weighted by molar-refractivity contribution is 0.148. The third-order valence-corrected chi connectivity index (χ3v) is 5.03. The van der Waals surface area contributed by atoms with Gasteiger partial charge in [-0.25, -0.2) is 0 Å². The Hall–Kier alpha value is -0.160. The van der Waals surface area contributed by atoms with Gasteiger partial charge in [0.1, 0.15) is 0 Å². The molecule has 0 radical (unpaired) electrons. The summed E-state index contributed by atoms with van der Waals surface area (Å²) >= 11 is 0. The minimum atomic E-state index is -0.0126. The highest BCUT2D eigenvalue weighted by molar-refractivity contribution is 4.98. The Labute approximate surface area is 118 Å². The molecule has 4 nitrogen and oxygen atoms in total. The Kier molecular flexibility index (Phi) is 5.63. The summed E-state index contributed by atoms with van der Waals surface area (Å²) in [7, 11) is 2.25. The maximum absolute atomic E-state index is 9.66. The second-order valence-corrected chi connectivity index (χ2v) is 6.39. The fraction of sp³-hybridized carbons (Fsp3) is 1.00. The Balaban J connectivity index is 1.75. The lowest BCUT2D eigenvalue weighted by Gasteiger charge is -2.31. The molecule has 112 valence electrons. The summed E-state index contributed by atoms with van der Waals surface area (Å²) in [6.07, 6.45) is 6.16. The fourth-order valence-corrected chi connectivity index (χ4v) is 3.70. The van der Waals surface area contributed by atoms with E-state index in [1.807, 2.05) is 0 Å².